The number of aromatic nitrogens is 2. The van der Waals surface area contributed by atoms with Crippen molar-refractivity contribution in [2.45, 2.75) is 12.7 Å². The fourth-order valence-electron chi connectivity index (χ4n) is 2.90. The summed E-state index contributed by atoms with van der Waals surface area (Å²) < 4.78 is 40.7. The summed E-state index contributed by atoms with van der Waals surface area (Å²) in [7, 11) is 1.88. The van der Waals surface area contributed by atoms with Crippen molar-refractivity contribution in [3.05, 3.63) is 46.7 Å². The second kappa shape index (κ2) is 6.64. The van der Waals surface area contributed by atoms with Crippen LogP contribution in [0.2, 0.25) is 5.02 Å². The van der Waals surface area contributed by atoms with E-state index in [4.69, 9.17) is 11.6 Å². The Hall–Kier alpha value is -1.73. The SMILES string of the molecule is Cn1cc(CN2CCN(c3ccc(Cl)c(C(F)(F)F)c3)CC2)cn1. The number of piperazine rings is 1. The third-order valence-corrected chi connectivity index (χ3v) is 4.49. The number of hydrogen-bond acceptors (Lipinski definition) is 3. The van der Waals surface area contributed by atoms with E-state index in [9.17, 15) is 13.2 Å². The quantitative estimate of drug-likeness (QED) is 0.840. The van der Waals surface area contributed by atoms with E-state index in [1.165, 1.54) is 6.07 Å². The van der Waals surface area contributed by atoms with Gasteiger partial charge in [0.1, 0.15) is 0 Å². The Morgan fingerprint density at radius 3 is 2.46 bits per heavy atom. The molecule has 0 spiro atoms. The molecule has 130 valence electrons. The molecule has 24 heavy (non-hydrogen) atoms. The molecule has 1 aliphatic heterocycles. The van der Waals surface area contributed by atoms with Gasteiger partial charge >= 0.3 is 6.18 Å². The molecule has 1 aromatic heterocycles. The highest BCUT2D eigenvalue weighted by molar-refractivity contribution is 6.31. The summed E-state index contributed by atoms with van der Waals surface area (Å²) in [5, 5.41) is 3.88. The molecule has 0 radical (unpaired) electrons. The highest BCUT2D eigenvalue weighted by Gasteiger charge is 2.34. The summed E-state index contributed by atoms with van der Waals surface area (Å²) in [6.07, 6.45) is -0.627. The molecule has 4 nitrogen and oxygen atoms in total. The normalized spacial score (nSPS) is 16.6. The number of aryl methyl sites for hydroxylation is 1. The van der Waals surface area contributed by atoms with Crippen molar-refractivity contribution in [3.63, 3.8) is 0 Å². The predicted molar refractivity (Wildman–Crippen MR) is 87.2 cm³/mol. The number of nitrogens with zero attached hydrogens (tertiary/aromatic N) is 4. The van der Waals surface area contributed by atoms with Gasteiger partial charge in [-0.1, -0.05) is 11.6 Å². The van der Waals surface area contributed by atoms with E-state index in [1.54, 1.807) is 10.7 Å². The van der Waals surface area contributed by atoms with Crippen LogP contribution in [0.4, 0.5) is 18.9 Å². The molecule has 2 heterocycles. The van der Waals surface area contributed by atoms with Crippen LogP contribution in [0.25, 0.3) is 0 Å². The minimum Gasteiger partial charge on any atom is -0.369 e. The largest absolute Gasteiger partial charge is 0.417 e. The van der Waals surface area contributed by atoms with E-state index in [1.807, 2.05) is 24.3 Å². The lowest BCUT2D eigenvalue weighted by molar-refractivity contribution is -0.137. The molecule has 3 rings (SSSR count). The fraction of sp³-hybridized carbons (Fsp3) is 0.438. The number of benzene rings is 1. The van der Waals surface area contributed by atoms with E-state index >= 15 is 0 Å². The van der Waals surface area contributed by atoms with Crippen molar-refractivity contribution < 1.29 is 13.2 Å². The van der Waals surface area contributed by atoms with Gasteiger partial charge in [-0.2, -0.15) is 18.3 Å². The zero-order valence-corrected chi connectivity index (χ0v) is 14.0. The summed E-state index contributed by atoms with van der Waals surface area (Å²) >= 11 is 5.68. The molecule has 0 N–H and O–H groups in total. The smallest absolute Gasteiger partial charge is 0.369 e. The molecule has 0 unspecified atom stereocenters. The predicted octanol–water partition coefficient (Wildman–Crippen LogP) is 3.41. The van der Waals surface area contributed by atoms with E-state index in [2.05, 4.69) is 10.00 Å². The number of hydrogen-bond donors (Lipinski definition) is 0. The van der Waals surface area contributed by atoms with Crippen molar-refractivity contribution in [1.29, 1.82) is 0 Å². The second-order valence-electron chi connectivity index (χ2n) is 5.95. The van der Waals surface area contributed by atoms with Gasteiger partial charge in [-0.3, -0.25) is 9.58 Å². The van der Waals surface area contributed by atoms with Gasteiger partial charge in [0.2, 0.25) is 0 Å². The lowest BCUT2D eigenvalue weighted by Crippen LogP contribution is -2.46. The van der Waals surface area contributed by atoms with Crippen LogP contribution >= 0.6 is 11.6 Å². The Bertz CT molecular complexity index is 706. The molecule has 2 aromatic rings. The first kappa shape index (κ1) is 17.1. The van der Waals surface area contributed by atoms with Gasteiger partial charge in [-0.15, -0.1) is 0 Å². The van der Waals surface area contributed by atoms with E-state index in [-0.39, 0.29) is 5.02 Å². The van der Waals surface area contributed by atoms with Gasteiger partial charge in [0.05, 0.1) is 16.8 Å². The maximum absolute atomic E-state index is 13.0. The number of anilines is 1. The van der Waals surface area contributed by atoms with Crippen LogP contribution in [0.1, 0.15) is 11.1 Å². The molecule has 0 atom stereocenters. The maximum atomic E-state index is 13.0. The molecule has 0 saturated carbocycles. The van der Waals surface area contributed by atoms with Gasteiger partial charge in [0.15, 0.2) is 0 Å². The van der Waals surface area contributed by atoms with Crippen molar-refractivity contribution in [3.8, 4) is 0 Å². The third-order valence-electron chi connectivity index (χ3n) is 4.16. The van der Waals surface area contributed by atoms with E-state index in [0.717, 1.165) is 31.3 Å². The molecule has 0 amide bonds. The molecule has 1 aromatic carbocycles. The fourth-order valence-corrected chi connectivity index (χ4v) is 3.13. The van der Waals surface area contributed by atoms with Gasteiger partial charge < -0.3 is 4.90 Å². The van der Waals surface area contributed by atoms with Crippen molar-refractivity contribution in [2.75, 3.05) is 31.1 Å². The monoisotopic (exact) mass is 358 g/mol. The molecule has 0 bridgehead atoms. The van der Waals surface area contributed by atoms with Crippen LogP contribution < -0.4 is 4.90 Å². The van der Waals surface area contributed by atoms with Crippen molar-refractivity contribution in [1.82, 2.24) is 14.7 Å². The number of halogens is 4. The Labute approximate surface area is 143 Å². The number of alkyl halides is 3. The lowest BCUT2D eigenvalue weighted by atomic mass is 10.1. The maximum Gasteiger partial charge on any atom is 0.417 e. The summed E-state index contributed by atoms with van der Waals surface area (Å²) in [4.78, 5) is 4.24. The first-order valence-electron chi connectivity index (χ1n) is 7.64. The molecule has 1 aliphatic rings. The minimum absolute atomic E-state index is 0.263. The Kier molecular flexibility index (Phi) is 4.73. The van der Waals surface area contributed by atoms with Crippen molar-refractivity contribution >= 4 is 17.3 Å². The van der Waals surface area contributed by atoms with Gasteiger partial charge in [-0.25, -0.2) is 0 Å². The molecule has 1 fully saturated rings. The topological polar surface area (TPSA) is 24.3 Å². The van der Waals surface area contributed by atoms with Crippen molar-refractivity contribution in [2.24, 2.45) is 7.05 Å². The Morgan fingerprint density at radius 2 is 1.88 bits per heavy atom. The average molecular weight is 359 g/mol. The third kappa shape index (κ3) is 3.84. The average Bonchev–Trinajstić information content (AvgIpc) is 2.92. The lowest BCUT2D eigenvalue weighted by Gasteiger charge is -2.36. The van der Waals surface area contributed by atoms with Crippen LogP contribution in [0.5, 0.6) is 0 Å². The first-order valence-corrected chi connectivity index (χ1v) is 8.02. The van der Waals surface area contributed by atoms with Crippen LogP contribution in [0.3, 0.4) is 0 Å². The standard InChI is InChI=1S/C16H18ClF3N4/c1-22-10-12(9-21-22)11-23-4-6-24(7-5-23)13-2-3-15(17)14(8-13)16(18,19)20/h2-3,8-10H,4-7,11H2,1H3. The summed E-state index contributed by atoms with van der Waals surface area (Å²) in [6, 6.07) is 4.11. The second-order valence-corrected chi connectivity index (χ2v) is 6.35. The highest BCUT2D eigenvalue weighted by atomic mass is 35.5. The summed E-state index contributed by atoms with van der Waals surface area (Å²) in [5.41, 5.74) is 0.920. The highest BCUT2D eigenvalue weighted by Crippen LogP contribution is 2.37. The zero-order valence-electron chi connectivity index (χ0n) is 13.2. The summed E-state index contributed by atoms with van der Waals surface area (Å²) in [5.74, 6) is 0. The Morgan fingerprint density at radius 1 is 1.17 bits per heavy atom. The van der Waals surface area contributed by atoms with Gasteiger partial charge in [-0.05, 0) is 18.2 Å². The molecule has 1 saturated heterocycles. The van der Waals surface area contributed by atoms with Crippen LogP contribution in [0.15, 0.2) is 30.6 Å². The van der Waals surface area contributed by atoms with Crippen LogP contribution in [0, 0.1) is 0 Å². The zero-order chi connectivity index (χ0) is 17.3. The molecule has 0 aliphatic carbocycles. The Balaban J connectivity index is 1.64. The van der Waals surface area contributed by atoms with E-state index < -0.39 is 11.7 Å². The summed E-state index contributed by atoms with van der Waals surface area (Å²) in [6.45, 7) is 3.74. The van der Waals surface area contributed by atoms with Crippen LogP contribution in [-0.2, 0) is 19.8 Å². The van der Waals surface area contributed by atoms with Gasteiger partial charge in [0, 0.05) is 57.2 Å². The molecule has 8 heteroatoms. The molecular weight excluding hydrogens is 341 g/mol. The van der Waals surface area contributed by atoms with E-state index in [0.29, 0.717) is 18.8 Å². The minimum atomic E-state index is -4.44. The first-order chi connectivity index (χ1) is 11.3. The van der Waals surface area contributed by atoms with Crippen LogP contribution in [-0.4, -0.2) is 40.9 Å². The molecular formula is C16H18ClF3N4. The number of rotatable bonds is 3. The van der Waals surface area contributed by atoms with Gasteiger partial charge in [0.25, 0.3) is 0 Å².